The molecule has 4 atom stereocenters. The zero-order valence-electron chi connectivity index (χ0n) is 17.9. The Hall–Kier alpha value is -2.50. The first-order valence-corrected chi connectivity index (χ1v) is 11.6. The number of carbonyl (C=O) groups excluding carboxylic acids is 4. The van der Waals surface area contributed by atoms with Gasteiger partial charge in [-0.25, -0.2) is 0 Å². The van der Waals surface area contributed by atoms with Crippen LogP contribution in [0.2, 0.25) is 0 Å². The van der Waals surface area contributed by atoms with Gasteiger partial charge in [0.15, 0.2) is 12.4 Å². The van der Waals surface area contributed by atoms with Crippen molar-refractivity contribution in [1.82, 2.24) is 4.90 Å². The van der Waals surface area contributed by atoms with Crippen molar-refractivity contribution in [2.24, 2.45) is 29.6 Å². The summed E-state index contributed by atoms with van der Waals surface area (Å²) in [5.41, 5.74) is 1.60. The SMILES string of the molecule is Cc1ccc(C(=O)COC(=O)C2CCC(N3C(=O)[C@H]4[C@@H]5CC[C@@H](C5)[C@@H]4C3=O)CC2)cc1. The first-order valence-electron chi connectivity index (χ1n) is 11.6. The summed E-state index contributed by atoms with van der Waals surface area (Å²) >= 11 is 0. The number of nitrogens with zero attached hydrogens (tertiary/aromatic N) is 1. The second-order valence-corrected chi connectivity index (χ2v) is 9.83. The van der Waals surface area contributed by atoms with Crippen LogP contribution in [-0.4, -0.2) is 41.1 Å². The van der Waals surface area contributed by atoms with Crippen molar-refractivity contribution in [3.05, 3.63) is 35.4 Å². The van der Waals surface area contributed by atoms with Gasteiger partial charge in [0.1, 0.15) is 0 Å². The van der Waals surface area contributed by atoms with Crippen molar-refractivity contribution in [2.75, 3.05) is 6.61 Å². The van der Waals surface area contributed by atoms with Crippen molar-refractivity contribution >= 4 is 23.6 Å². The van der Waals surface area contributed by atoms with E-state index in [1.54, 1.807) is 17.0 Å². The van der Waals surface area contributed by atoms with Crippen LogP contribution in [-0.2, 0) is 19.1 Å². The number of carbonyl (C=O) groups is 4. The Morgan fingerprint density at radius 3 is 2.06 bits per heavy atom. The van der Waals surface area contributed by atoms with Gasteiger partial charge in [-0.3, -0.25) is 24.1 Å². The van der Waals surface area contributed by atoms with Gasteiger partial charge in [0, 0.05) is 11.6 Å². The Morgan fingerprint density at radius 2 is 1.48 bits per heavy atom. The predicted molar refractivity (Wildman–Crippen MR) is 112 cm³/mol. The standard InChI is InChI=1S/C25H29NO5/c1-14-2-4-15(5-3-14)20(27)13-31-25(30)16-8-10-19(11-9-16)26-23(28)21-17-6-7-18(12-17)22(21)24(26)29/h2-5,16-19,21-22H,6-13H2,1H3/t16?,17-,18+,19?,21-,22-/m0/s1. The van der Waals surface area contributed by atoms with E-state index in [0.29, 0.717) is 43.1 Å². The molecule has 0 radical (unpaired) electrons. The quantitative estimate of drug-likeness (QED) is 0.412. The highest BCUT2D eigenvalue weighted by molar-refractivity contribution is 6.06. The summed E-state index contributed by atoms with van der Waals surface area (Å²) in [6, 6.07) is 7.10. The maximum absolute atomic E-state index is 13.0. The monoisotopic (exact) mass is 423 g/mol. The summed E-state index contributed by atoms with van der Waals surface area (Å²) in [4.78, 5) is 52.3. The molecule has 1 saturated heterocycles. The minimum Gasteiger partial charge on any atom is -0.457 e. The molecule has 164 valence electrons. The van der Waals surface area contributed by atoms with E-state index in [1.165, 1.54) is 0 Å². The average Bonchev–Trinajstić information content (AvgIpc) is 3.46. The number of rotatable bonds is 5. The van der Waals surface area contributed by atoms with Gasteiger partial charge in [-0.05, 0) is 63.7 Å². The topological polar surface area (TPSA) is 80.8 Å². The minimum absolute atomic E-state index is 0.0388. The van der Waals surface area contributed by atoms with Crippen molar-refractivity contribution in [3.63, 3.8) is 0 Å². The van der Waals surface area contributed by atoms with Gasteiger partial charge in [0.05, 0.1) is 17.8 Å². The molecule has 0 spiro atoms. The van der Waals surface area contributed by atoms with E-state index in [9.17, 15) is 19.2 Å². The molecule has 5 rings (SSSR count). The van der Waals surface area contributed by atoms with E-state index >= 15 is 0 Å². The molecular weight excluding hydrogens is 394 g/mol. The lowest BCUT2D eigenvalue weighted by atomic mass is 9.81. The van der Waals surface area contributed by atoms with Crippen LogP contribution in [0.3, 0.4) is 0 Å². The number of hydrogen-bond acceptors (Lipinski definition) is 5. The zero-order chi connectivity index (χ0) is 21.7. The molecule has 4 aliphatic rings. The zero-order valence-corrected chi connectivity index (χ0v) is 17.9. The molecule has 1 heterocycles. The number of ether oxygens (including phenoxy) is 1. The molecule has 0 N–H and O–H groups in total. The third kappa shape index (κ3) is 3.50. The number of Topliss-reactive ketones (excluding diaryl/α,β-unsaturated/α-hetero) is 1. The Balaban J connectivity index is 1.13. The van der Waals surface area contributed by atoms with Crippen molar-refractivity contribution in [1.29, 1.82) is 0 Å². The van der Waals surface area contributed by atoms with Crippen LogP contribution >= 0.6 is 0 Å². The fourth-order valence-corrected chi connectivity index (χ4v) is 6.44. The molecule has 3 aliphatic carbocycles. The van der Waals surface area contributed by atoms with E-state index in [1.807, 2.05) is 19.1 Å². The highest BCUT2D eigenvalue weighted by Crippen LogP contribution is 2.56. The largest absolute Gasteiger partial charge is 0.457 e. The van der Waals surface area contributed by atoms with Crippen molar-refractivity contribution < 1.29 is 23.9 Å². The van der Waals surface area contributed by atoms with E-state index in [-0.39, 0.29) is 54.0 Å². The molecule has 2 amide bonds. The van der Waals surface area contributed by atoms with E-state index in [0.717, 1.165) is 24.8 Å². The van der Waals surface area contributed by atoms with E-state index < -0.39 is 0 Å². The normalized spacial score (nSPS) is 34.2. The summed E-state index contributed by atoms with van der Waals surface area (Å²) in [6.07, 6.45) is 5.65. The molecule has 3 saturated carbocycles. The minimum atomic E-state index is -0.354. The number of aryl methyl sites for hydroxylation is 1. The van der Waals surface area contributed by atoms with Crippen molar-refractivity contribution in [3.8, 4) is 0 Å². The third-order valence-electron chi connectivity index (χ3n) is 8.08. The lowest BCUT2D eigenvalue weighted by molar-refractivity contribution is -0.149. The van der Waals surface area contributed by atoms with Gasteiger partial charge in [-0.1, -0.05) is 29.8 Å². The van der Waals surface area contributed by atoms with E-state index in [2.05, 4.69) is 0 Å². The van der Waals surface area contributed by atoms with Gasteiger partial charge in [0.2, 0.25) is 11.8 Å². The van der Waals surface area contributed by atoms with Gasteiger partial charge in [0.25, 0.3) is 0 Å². The summed E-state index contributed by atoms with van der Waals surface area (Å²) in [7, 11) is 0. The number of hydrogen-bond donors (Lipinski definition) is 0. The average molecular weight is 424 g/mol. The highest BCUT2D eigenvalue weighted by Gasteiger charge is 2.61. The Labute approximate surface area is 182 Å². The molecular formula is C25H29NO5. The van der Waals surface area contributed by atoms with Crippen molar-refractivity contribution in [2.45, 2.75) is 57.9 Å². The maximum atomic E-state index is 13.0. The number of amides is 2. The summed E-state index contributed by atoms with van der Waals surface area (Å²) < 4.78 is 5.29. The lowest BCUT2D eigenvalue weighted by Gasteiger charge is -2.33. The molecule has 1 aromatic rings. The molecule has 4 fully saturated rings. The number of fused-ring (bicyclic) bond motifs is 5. The molecule has 0 unspecified atom stereocenters. The van der Waals surface area contributed by atoms with E-state index in [4.69, 9.17) is 4.74 Å². The predicted octanol–water partition coefficient (Wildman–Crippen LogP) is 3.31. The highest BCUT2D eigenvalue weighted by atomic mass is 16.5. The van der Waals surface area contributed by atoms with Crippen LogP contribution in [0.1, 0.15) is 60.9 Å². The molecule has 2 bridgehead atoms. The third-order valence-corrected chi connectivity index (χ3v) is 8.08. The van der Waals surface area contributed by atoms with Gasteiger partial charge in [-0.2, -0.15) is 0 Å². The second kappa shape index (κ2) is 7.88. The Bertz CT molecular complexity index is 886. The van der Waals surface area contributed by atoms with Crippen LogP contribution in [0.4, 0.5) is 0 Å². The van der Waals surface area contributed by atoms with Gasteiger partial charge in [-0.15, -0.1) is 0 Å². The van der Waals surface area contributed by atoms with Crippen LogP contribution in [0.5, 0.6) is 0 Å². The Morgan fingerprint density at radius 1 is 0.903 bits per heavy atom. The summed E-state index contributed by atoms with van der Waals surface area (Å²) in [6.45, 7) is 1.70. The molecule has 0 aromatic heterocycles. The molecule has 6 nitrogen and oxygen atoms in total. The van der Waals surface area contributed by atoms with Crippen LogP contribution < -0.4 is 0 Å². The number of benzene rings is 1. The fourth-order valence-electron chi connectivity index (χ4n) is 6.44. The molecule has 31 heavy (non-hydrogen) atoms. The number of esters is 1. The lowest BCUT2D eigenvalue weighted by Crippen LogP contribution is -2.44. The van der Waals surface area contributed by atoms with Gasteiger partial charge < -0.3 is 4.74 Å². The Kier molecular flexibility index (Phi) is 5.19. The molecule has 6 heteroatoms. The summed E-state index contributed by atoms with van der Waals surface area (Å²) in [5.74, 6) is -0.130. The van der Waals surface area contributed by atoms with Crippen LogP contribution in [0, 0.1) is 36.5 Å². The number of ketones is 1. The first-order chi connectivity index (χ1) is 14.9. The number of likely N-dealkylation sites (tertiary alicyclic amines) is 1. The number of imide groups is 1. The molecule has 1 aromatic carbocycles. The molecule has 1 aliphatic heterocycles. The maximum Gasteiger partial charge on any atom is 0.309 e. The smallest absolute Gasteiger partial charge is 0.309 e. The summed E-state index contributed by atoms with van der Waals surface area (Å²) in [5, 5.41) is 0. The fraction of sp³-hybridized carbons (Fsp3) is 0.600. The van der Waals surface area contributed by atoms with Gasteiger partial charge >= 0.3 is 5.97 Å². The van der Waals surface area contributed by atoms with Crippen LogP contribution in [0.15, 0.2) is 24.3 Å². The first kappa shape index (κ1) is 20.4. The second-order valence-electron chi connectivity index (χ2n) is 9.83. The van der Waals surface area contributed by atoms with Crippen LogP contribution in [0.25, 0.3) is 0 Å².